The van der Waals surface area contributed by atoms with Gasteiger partial charge in [0.1, 0.15) is 0 Å². The van der Waals surface area contributed by atoms with Crippen LogP contribution in [-0.2, 0) is 4.79 Å². The fraction of sp³-hybridized carbons (Fsp3) is 0.800. The highest BCUT2D eigenvalue weighted by Crippen LogP contribution is 1.98. The van der Waals surface area contributed by atoms with Gasteiger partial charge in [-0.25, -0.2) is 0 Å². The molecule has 3 nitrogen and oxygen atoms in total. The minimum atomic E-state index is -0.311. The molecule has 0 radical (unpaired) electrons. The molecule has 0 aromatic rings. The van der Waals surface area contributed by atoms with E-state index in [0.717, 1.165) is 6.42 Å². The van der Waals surface area contributed by atoms with Gasteiger partial charge < -0.3 is 11.5 Å². The average molecular weight is 242 g/mol. The largest absolute Gasteiger partial charge is 0.330 e. The van der Waals surface area contributed by atoms with E-state index in [1.807, 2.05) is 0 Å². The first-order valence-corrected chi connectivity index (χ1v) is 3.91. The predicted octanol–water partition coefficient (Wildman–Crippen LogP) is 0.0142. The van der Waals surface area contributed by atoms with Gasteiger partial charge in [-0.1, -0.05) is 0 Å². The predicted molar refractivity (Wildman–Crippen MR) is 45.3 cm³/mol. The maximum absolute atomic E-state index is 10.5. The second-order valence-corrected chi connectivity index (χ2v) is 2.90. The van der Waals surface area contributed by atoms with Gasteiger partial charge in [0.25, 0.3) is 0 Å². The Morgan fingerprint density at radius 2 is 2.22 bits per heavy atom. The van der Waals surface area contributed by atoms with Crippen LogP contribution in [0.5, 0.6) is 0 Å². The monoisotopic (exact) mass is 242 g/mol. The van der Waals surface area contributed by atoms with E-state index in [9.17, 15) is 4.79 Å². The first-order chi connectivity index (χ1) is 4.18. The molecule has 1 atom stereocenters. The van der Waals surface area contributed by atoms with E-state index in [2.05, 4.69) is 0 Å². The molecule has 4 N–H and O–H groups in total. The maximum atomic E-state index is 10.5. The second-order valence-electron chi connectivity index (χ2n) is 1.84. The summed E-state index contributed by atoms with van der Waals surface area (Å²) < 4.78 is 0.0149. The van der Waals surface area contributed by atoms with E-state index in [1.54, 1.807) is 22.6 Å². The van der Waals surface area contributed by atoms with E-state index >= 15 is 0 Å². The van der Waals surface area contributed by atoms with Gasteiger partial charge in [0.15, 0.2) is 0 Å². The van der Waals surface area contributed by atoms with Crippen molar-refractivity contribution in [2.24, 2.45) is 11.5 Å². The summed E-state index contributed by atoms with van der Waals surface area (Å²) in [5.74, 6) is 0. The first kappa shape index (κ1) is 9.32. The van der Waals surface area contributed by atoms with Crippen molar-refractivity contribution in [3.8, 4) is 0 Å². The van der Waals surface area contributed by atoms with Crippen LogP contribution in [-0.4, -0.2) is 16.4 Å². The van der Waals surface area contributed by atoms with Crippen molar-refractivity contribution in [3.63, 3.8) is 0 Å². The van der Waals surface area contributed by atoms with Crippen molar-refractivity contribution in [1.82, 2.24) is 0 Å². The highest BCUT2D eigenvalue weighted by Gasteiger charge is 2.07. The number of hydrogen-bond donors (Lipinski definition) is 2. The molecule has 0 heterocycles. The molecule has 0 aliphatic heterocycles. The fourth-order valence-electron chi connectivity index (χ4n) is 0.451. The molecule has 0 saturated carbocycles. The summed E-state index contributed by atoms with van der Waals surface area (Å²) in [4.78, 5) is 10.5. The van der Waals surface area contributed by atoms with Crippen molar-refractivity contribution >= 4 is 26.4 Å². The van der Waals surface area contributed by atoms with Crippen molar-refractivity contribution < 1.29 is 4.79 Å². The topological polar surface area (TPSA) is 69.1 Å². The summed E-state index contributed by atoms with van der Waals surface area (Å²) in [6, 6.07) is -0.311. The van der Waals surface area contributed by atoms with Gasteiger partial charge in [-0.05, 0) is 19.4 Å². The Labute approximate surface area is 68.3 Å². The summed E-state index contributed by atoms with van der Waals surface area (Å²) in [5.41, 5.74) is 10.6. The molecule has 0 amide bonds. The molecular formula is C5H11IN2O. The van der Waals surface area contributed by atoms with Crippen LogP contribution in [0.1, 0.15) is 12.8 Å². The summed E-state index contributed by atoms with van der Waals surface area (Å²) >= 11 is 1.70. The molecule has 0 saturated heterocycles. The van der Waals surface area contributed by atoms with Gasteiger partial charge in [0.2, 0.25) is 3.79 Å². The summed E-state index contributed by atoms with van der Waals surface area (Å²) in [5, 5.41) is 0. The lowest BCUT2D eigenvalue weighted by Crippen LogP contribution is -2.26. The lowest BCUT2D eigenvalue weighted by Gasteiger charge is -2.02. The van der Waals surface area contributed by atoms with E-state index in [0.29, 0.717) is 13.0 Å². The quantitative estimate of drug-likeness (QED) is 0.539. The lowest BCUT2D eigenvalue weighted by molar-refractivity contribution is -0.110. The van der Waals surface area contributed by atoms with E-state index in [1.165, 1.54) is 0 Å². The first-order valence-electron chi connectivity index (χ1n) is 2.83. The van der Waals surface area contributed by atoms with Crippen molar-refractivity contribution in [2.75, 3.05) is 6.54 Å². The normalized spacial score (nSPS) is 13.2. The Bertz CT molecular complexity index is 97.0. The third kappa shape index (κ3) is 4.80. The fourth-order valence-corrected chi connectivity index (χ4v) is 0.763. The van der Waals surface area contributed by atoms with Gasteiger partial charge in [0, 0.05) is 22.6 Å². The number of rotatable bonds is 4. The van der Waals surface area contributed by atoms with Gasteiger partial charge in [-0.2, -0.15) is 0 Å². The van der Waals surface area contributed by atoms with Crippen LogP contribution < -0.4 is 11.5 Å². The Balaban J connectivity index is 3.27. The van der Waals surface area contributed by atoms with Gasteiger partial charge in [-0.15, -0.1) is 0 Å². The SMILES string of the molecule is NCCC[C@H](N)C(=O)I. The van der Waals surface area contributed by atoms with E-state index in [4.69, 9.17) is 11.5 Å². The number of halogens is 1. The summed E-state index contributed by atoms with van der Waals surface area (Å²) in [7, 11) is 0. The molecule has 0 spiro atoms. The molecule has 0 aromatic heterocycles. The van der Waals surface area contributed by atoms with Gasteiger partial charge in [0.05, 0.1) is 6.04 Å². The second kappa shape index (κ2) is 5.13. The molecule has 9 heavy (non-hydrogen) atoms. The molecule has 54 valence electrons. The van der Waals surface area contributed by atoms with Crippen LogP contribution in [0, 0.1) is 0 Å². The van der Waals surface area contributed by atoms with Crippen LogP contribution in [0.4, 0.5) is 0 Å². The van der Waals surface area contributed by atoms with Crippen LogP contribution >= 0.6 is 22.6 Å². The van der Waals surface area contributed by atoms with E-state index in [-0.39, 0.29) is 9.83 Å². The molecule has 4 heteroatoms. The Morgan fingerprint density at radius 1 is 1.67 bits per heavy atom. The zero-order chi connectivity index (χ0) is 7.28. The Morgan fingerprint density at radius 3 is 2.56 bits per heavy atom. The zero-order valence-electron chi connectivity index (χ0n) is 5.14. The lowest BCUT2D eigenvalue weighted by atomic mass is 10.2. The standard InChI is InChI=1S/C5H11IN2O/c6-5(9)4(8)2-1-3-7/h4H,1-3,7-8H2/t4-/m0/s1. The molecule has 0 rings (SSSR count). The van der Waals surface area contributed by atoms with Gasteiger partial charge in [-0.3, -0.25) is 4.79 Å². The minimum absolute atomic E-state index is 0.0149. The minimum Gasteiger partial charge on any atom is -0.330 e. The number of hydrogen-bond acceptors (Lipinski definition) is 3. The van der Waals surface area contributed by atoms with Crippen LogP contribution in [0.3, 0.4) is 0 Å². The summed E-state index contributed by atoms with van der Waals surface area (Å²) in [6.07, 6.45) is 1.54. The molecule has 0 bridgehead atoms. The molecule has 0 aliphatic rings. The maximum Gasteiger partial charge on any atom is 0.208 e. The van der Waals surface area contributed by atoms with Crippen LogP contribution in [0.15, 0.2) is 0 Å². The van der Waals surface area contributed by atoms with Crippen LogP contribution in [0.25, 0.3) is 0 Å². The Kier molecular flexibility index (Phi) is 5.31. The third-order valence-corrected chi connectivity index (χ3v) is 1.81. The number of carbonyl (C=O) groups is 1. The zero-order valence-corrected chi connectivity index (χ0v) is 7.30. The Hall–Kier alpha value is 0.320. The van der Waals surface area contributed by atoms with Crippen molar-refractivity contribution in [1.29, 1.82) is 0 Å². The van der Waals surface area contributed by atoms with Gasteiger partial charge >= 0.3 is 0 Å². The number of nitrogens with two attached hydrogens (primary N) is 2. The number of carbonyl (C=O) groups excluding carboxylic acids is 1. The molecular weight excluding hydrogens is 231 g/mol. The van der Waals surface area contributed by atoms with E-state index < -0.39 is 0 Å². The highest BCUT2D eigenvalue weighted by molar-refractivity contribution is 14.1. The molecule has 0 fully saturated rings. The third-order valence-electron chi connectivity index (χ3n) is 1.01. The average Bonchev–Trinajstić information content (AvgIpc) is 1.82. The van der Waals surface area contributed by atoms with Crippen molar-refractivity contribution in [2.45, 2.75) is 18.9 Å². The molecule has 0 aliphatic carbocycles. The highest BCUT2D eigenvalue weighted by atomic mass is 127. The van der Waals surface area contributed by atoms with Crippen LogP contribution in [0.2, 0.25) is 0 Å². The molecule has 0 aromatic carbocycles. The van der Waals surface area contributed by atoms with Crippen molar-refractivity contribution in [3.05, 3.63) is 0 Å². The molecule has 0 unspecified atom stereocenters. The summed E-state index contributed by atoms with van der Waals surface area (Å²) in [6.45, 7) is 0.609. The smallest absolute Gasteiger partial charge is 0.208 e.